The van der Waals surface area contributed by atoms with Gasteiger partial charge in [0.05, 0.1) is 30.5 Å². The SMILES string of the molecule is CCC(=O)c1ccc(Cl)cc1-c1cc(=O)n(C(CCOC(C)(C)C)C(=O)Cc2ccc3ncncc3c2)cc1OC. The Balaban J connectivity index is 1.75. The molecule has 214 valence electrons. The second-order valence-electron chi connectivity index (χ2n) is 10.8. The smallest absolute Gasteiger partial charge is 0.252 e. The molecule has 0 saturated carbocycles. The number of carbonyl (C=O) groups excluding carboxylic acids is 2. The minimum atomic E-state index is -0.813. The fraction of sp³-hybridized carbons (Fsp3) is 0.344. The minimum absolute atomic E-state index is 0.0870. The van der Waals surface area contributed by atoms with Gasteiger partial charge < -0.3 is 14.0 Å². The number of carbonyl (C=O) groups is 2. The predicted octanol–water partition coefficient (Wildman–Crippen LogP) is 6.27. The van der Waals surface area contributed by atoms with E-state index in [1.807, 2.05) is 39.0 Å². The third-order valence-electron chi connectivity index (χ3n) is 6.74. The van der Waals surface area contributed by atoms with Gasteiger partial charge in [-0.25, -0.2) is 9.97 Å². The molecule has 8 nitrogen and oxygen atoms in total. The lowest BCUT2D eigenvalue weighted by molar-refractivity contribution is -0.122. The van der Waals surface area contributed by atoms with Crippen LogP contribution in [-0.4, -0.2) is 45.4 Å². The quantitative estimate of drug-likeness (QED) is 0.194. The molecule has 0 saturated heterocycles. The minimum Gasteiger partial charge on any atom is -0.495 e. The lowest BCUT2D eigenvalue weighted by atomic mass is 9.95. The number of ether oxygens (including phenoxy) is 2. The van der Waals surface area contributed by atoms with Gasteiger partial charge in [-0.3, -0.25) is 14.4 Å². The van der Waals surface area contributed by atoms with Gasteiger partial charge in [0.2, 0.25) is 0 Å². The molecule has 0 aliphatic rings. The van der Waals surface area contributed by atoms with Crippen LogP contribution in [0.4, 0.5) is 0 Å². The van der Waals surface area contributed by atoms with E-state index >= 15 is 0 Å². The van der Waals surface area contributed by atoms with E-state index in [1.54, 1.807) is 31.3 Å². The fourth-order valence-corrected chi connectivity index (χ4v) is 4.89. The van der Waals surface area contributed by atoms with Gasteiger partial charge in [-0.05, 0) is 68.7 Å². The maximum atomic E-state index is 13.8. The molecule has 9 heteroatoms. The van der Waals surface area contributed by atoms with Gasteiger partial charge >= 0.3 is 0 Å². The van der Waals surface area contributed by atoms with Crippen LogP contribution in [0.25, 0.3) is 22.0 Å². The largest absolute Gasteiger partial charge is 0.495 e. The number of benzene rings is 2. The van der Waals surface area contributed by atoms with E-state index in [9.17, 15) is 14.4 Å². The Morgan fingerprint density at radius 3 is 2.56 bits per heavy atom. The van der Waals surface area contributed by atoms with Crippen LogP contribution in [0.5, 0.6) is 5.75 Å². The summed E-state index contributed by atoms with van der Waals surface area (Å²) in [6.45, 7) is 7.85. The number of fused-ring (bicyclic) bond motifs is 1. The molecule has 0 amide bonds. The fourth-order valence-electron chi connectivity index (χ4n) is 4.71. The molecule has 2 aromatic heterocycles. The summed E-state index contributed by atoms with van der Waals surface area (Å²) in [4.78, 5) is 48.4. The van der Waals surface area contributed by atoms with Crippen molar-refractivity contribution in [1.82, 2.24) is 14.5 Å². The Kier molecular flexibility index (Phi) is 9.35. The van der Waals surface area contributed by atoms with Crippen molar-refractivity contribution in [1.29, 1.82) is 0 Å². The van der Waals surface area contributed by atoms with E-state index < -0.39 is 17.2 Å². The van der Waals surface area contributed by atoms with Gasteiger partial charge in [-0.2, -0.15) is 0 Å². The number of methoxy groups -OCH3 is 1. The summed E-state index contributed by atoms with van der Waals surface area (Å²) in [7, 11) is 1.48. The molecule has 4 aromatic rings. The molecular weight excluding hydrogens is 542 g/mol. The molecule has 41 heavy (non-hydrogen) atoms. The molecule has 1 unspecified atom stereocenters. The number of halogens is 1. The van der Waals surface area contributed by atoms with Crippen LogP contribution in [0.3, 0.4) is 0 Å². The summed E-state index contributed by atoms with van der Waals surface area (Å²) >= 11 is 6.28. The number of hydrogen-bond donors (Lipinski definition) is 0. The highest BCUT2D eigenvalue weighted by molar-refractivity contribution is 6.31. The number of rotatable bonds is 11. The first kappa shape index (κ1) is 30.1. The molecule has 4 rings (SSSR count). The van der Waals surface area contributed by atoms with E-state index in [0.717, 1.165) is 16.5 Å². The number of ketones is 2. The number of aromatic nitrogens is 3. The topological polar surface area (TPSA) is 100 Å². The van der Waals surface area contributed by atoms with Gasteiger partial charge in [0.15, 0.2) is 11.6 Å². The van der Waals surface area contributed by atoms with Crippen LogP contribution in [-0.2, 0) is 16.0 Å². The third-order valence-corrected chi connectivity index (χ3v) is 6.97. The van der Waals surface area contributed by atoms with Gasteiger partial charge in [-0.1, -0.05) is 24.6 Å². The highest BCUT2D eigenvalue weighted by atomic mass is 35.5. The number of Topliss-reactive ketones (excluding diaryl/α,β-unsaturated/α-hetero) is 2. The molecule has 0 bridgehead atoms. The standard InChI is InChI=1S/C32H34ClN3O5/c1-6-28(37)23-9-8-22(33)15-24(23)25-16-31(39)36(18-30(25)40-5)27(11-12-41-32(2,3)4)29(38)14-20-7-10-26-21(13-20)17-34-19-35-26/h7-10,13,15-19,27H,6,11-12,14H2,1-5H3. The summed E-state index contributed by atoms with van der Waals surface area (Å²) in [5.41, 5.74) is 2.13. The van der Waals surface area contributed by atoms with Crippen LogP contribution in [0.2, 0.25) is 5.02 Å². The van der Waals surface area contributed by atoms with Crippen molar-refractivity contribution in [3.63, 3.8) is 0 Å². The molecule has 0 fully saturated rings. The zero-order chi connectivity index (χ0) is 29.7. The normalized spacial score (nSPS) is 12.3. The second-order valence-corrected chi connectivity index (χ2v) is 11.2. The molecule has 1 atom stereocenters. The molecule has 0 N–H and O–H groups in total. The maximum Gasteiger partial charge on any atom is 0.252 e. The zero-order valence-electron chi connectivity index (χ0n) is 23.9. The van der Waals surface area contributed by atoms with Crippen LogP contribution in [0.15, 0.2) is 66.0 Å². The Morgan fingerprint density at radius 1 is 1.07 bits per heavy atom. The van der Waals surface area contributed by atoms with Crippen LogP contribution in [0, 0.1) is 0 Å². The third kappa shape index (κ3) is 7.26. The Hall–Kier alpha value is -3.88. The second kappa shape index (κ2) is 12.7. The summed E-state index contributed by atoms with van der Waals surface area (Å²) in [5.74, 6) is 0.102. The molecule has 0 aliphatic heterocycles. The first-order chi connectivity index (χ1) is 19.5. The summed E-state index contributed by atoms with van der Waals surface area (Å²) in [6, 6.07) is 11.1. The predicted molar refractivity (Wildman–Crippen MR) is 160 cm³/mol. The lowest BCUT2D eigenvalue weighted by Crippen LogP contribution is -2.32. The van der Waals surface area contributed by atoms with E-state index in [2.05, 4.69) is 9.97 Å². The van der Waals surface area contributed by atoms with Crippen molar-refractivity contribution >= 4 is 34.1 Å². The lowest BCUT2D eigenvalue weighted by Gasteiger charge is -2.24. The van der Waals surface area contributed by atoms with Crippen molar-refractivity contribution < 1.29 is 19.1 Å². The Bertz CT molecular complexity index is 1640. The molecule has 2 aromatic carbocycles. The molecule has 0 radical (unpaired) electrons. The number of nitrogens with zero attached hydrogens (tertiary/aromatic N) is 3. The van der Waals surface area contributed by atoms with Crippen molar-refractivity contribution in [2.24, 2.45) is 0 Å². The monoisotopic (exact) mass is 575 g/mol. The van der Waals surface area contributed by atoms with Crippen molar-refractivity contribution in [2.75, 3.05) is 13.7 Å². The van der Waals surface area contributed by atoms with Gasteiger partial charge in [-0.15, -0.1) is 0 Å². The highest BCUT2D eigenvalue weighted by Crippen LogP contribution is 2.34. The average Bonchev–Trinajstić information content (AvgIpc) is 2.94. The van der Waals surface area contributed by atoms with Gasteiger partial charge in [0, 0.05) is 53.2 Å². The molecule has 0 spiro atoms. The molecule has 0 aliphatic carbocycles. The summed E-state index contributed by atoms with van der Waals surface area (Å²) < 4.78 is 13.0. The van der Waals surface area contributed by atoms with E-state index in [4.69, 9.17) is 21.1 Å². The molecule has 2 heterocycles. The summed E-state index contributed by atoms with van der Waals surface area (Å²) in [5, 5.41) is 1.25. The summed E-state index contributed by atoms with van der Waals surface area (Å²) in [6.07, 6.45) is 5.39. The molecular formula is C32H34ClN3O5. The van der Waals surface area contributed by atoms with Crippen LogP contribution < -0.4 is 10.3 Å². The zero-order valence-corrected chi connectivity index (χ0v) is 24.7. The van der Waals surface area contributed by atoms with Crippen molar-refractivity contribution in [2.45, 2.75) is 58.6 Å². The van der Waals surface area contributed by atoms with E-state index in [1.165, 1.54) is 30.3 Å². The number of pyridine rings is 1. The first-order valence-corrected chi connectivity index (χ1v) is 13.9. The number of hydrogen-bond acceptors (Lipinski definition) is 7. The maximum absolute atomic E-state index is 13.8. The van der Waals surface area contributed by atoms with Crippen molar-refractivity contribution in [3.05, 3.63) is 87.7 Å². The van der Waals surface area contributed by atoms with Crippen molar-refractivity contribution in [3.8, 4) is 16.9 Å². The average molecular weight is 576 g/mol. The Morgan fingerprint density at radius 2 is 1.85 bits per heavy atom. The van der Waals surface area contributed by atoms with E-state index in [-0.39, 0.29) is 31.0 Å². The highest BCUT2D eigenvalue weighted by Gasteiger charge is 2.25. The van der Waals surface area contributed by atoms with Gasteiger partial charge in [0.25, 0.3) is 5.56 Å². The Labute approximate surface area is 244 Å². The van der Waals surface area contributed by atoms with Crippen LogP contribution in [0.1, 0.15) is 62.5 Å². The first-order valence-electron chi connectivity index (χ1n) is 13.5. The van der Waals surface area contributed by atoms with E-state index in [0.29, 0.717) is 33.9 Å². The van der Waals surface area contributed by atoms with Gasteiger partial charge in [0.1, 0.15) is 12.1 Å². The van der Waals surface area contributed by atoms with Crippen LogP contribution >= 0.6 is 11.6 Å².